The maximum atomic E-state index is 12.7. The van der Waals surface area contributed by atoms with Crippen LogP contribution in [0.3, 0.4) is 0 Å². The molecule has 3 rings (SSSR count). The fourth-order valence-corrected chi connectivity index (χ4v) is 4.60. The zero-order valence-corrected chi connectivity index (χ0v) is 15.1. The lowest BCUT2D eigenvalue weighted by Gasteiger charge is -2.56. The summed E-state index contributed by atoms with van der Waals surface area (Å²) in [5.41, 5.74) is 0.190. The summed E-state index contributed by atoms with van der Waals surface area (Å²) in [6.45, 7) is 5.58. The first-order chi connectivity index (χ1) is 11.6. The van der Waals surface area contributed by atoms with Crippen molar-refractivity contribution < 1.29 is 9.53 Å². The van der Waals surface area contributed by atoms with Crippen molar-refractivity contribution in [1.82, 2.24) is 19.8 Å². The van der Waals surface area contributed by atoms with E-state index in [-0.39, 0.29) is 17.5 Å². The Hall–Kier alpha value is -1.56. The van der Waals surface area contributed by atoms with Gasteiger partial charge in [-0.3, -0.25) is 0 Å². The van der Waals surface area contributed by atoms with Crippen LogP contribution in [0, 0.1) is 5.41 Å². The van der Waals surface area contributed by atoms with Gasteiger partial charge in [0.1, 0.15) is 0 Å². The van der Waals surface area contributed by atoms with E-state index < -0.39 is 0 Å². The molecule has 6 heteroatoms. The predicted octanol–water partition coefficient (Wildman–Crippen LogP) is 2.65. The molecule has 1 aromatic heterocycles. The van der Waals surface area contributed by atoms with Crippen LogP contribution in [0.15, 0.2) is 18.7 Å². The van der Waals surface area contributed by atoms with Crippen molar-refractivity contribution in [3.05, 3.63) is 18.7 Å². The second-order valence-electron chi connectivity index (χ2n) is 7.36. The summed E-state index contributed by atoms with van der Waals surface area (Å²) in [5.74, 6) is 0. The zero-order chi connectivity index (χ0) is 17.2. The molecule has 0 aliphatic heterocycles. The lowest BCUT2D eigenvalue weighted by molar-refractivity contribution is -0.151. The average Bonchev–Trinajstić information content (AvgIpc) is 3.22. The van der Waals surface area contributed by atoms with E-state index in [1.54, 1.807) is 12.5 Å². The Morgan fingerprint density at radius 2 is 2.25 bits per heavy atom. The van der Waals surface area contributed by atoms with Crippen molar-refractivity contribution in [3.63, 3.8) is 0 Å². The third-order valence-electron chi connectivity index (χ3n) is 5.85. The van der Waals surface area contributed by atoms with Crippen LogP contribution in [-0.4, -0.2) is 52.3 Å². The number of aromatic nitrogens is 2. The van der Waals surface area contributed by atoms with Crippen molar-refractivity contribution in [2.24, 2.45) is 5.41 Å². The normalized spacial score (nSPS) is 26.1. The van der Waals surface area contributed by atoms with E-state index in [1.807, 2.05) is 29.6 Å². The molecule has 0 aromatic carbocycles. The highest BCUT2D eigenvalue weighted by molar-refractivity contribution is 5.74. The Bertz CT molecular complexity index is 539. The molecule has 3 atom stereocenters. The predicted molar refractivity (Wildman–Crippen MR) is 92.7 cm³/mol. The molecule has 0 saturated heterocycles. The van der Waals surface area contributed by atoms with E-state index in [2.05, 4.69) is 17.2 Å². The van der Waals surface area contributed by atoms with Crippen LogP contribution in [0.4, 0.5) is 4.79 Å². The minimum Gasteiger partial charge on any atom is -0.378 e. The molecule has 2 amide bonds. The number of carbonyl (C=O) groups excluding carboxylic acids is 1. The van der Waals surface area contributed by atoms with Gasteiger partial charge in [-0.05, 0) is 33.1 Å². The van der Waals surface area contributed by atoms with Crippen molar-refractivity contribution >= 4 is 6.03 Å². The van der Waals surface area contributed by atoms with E-state index in [0.29, 0.717) is 12.1 Å². The molecule has 1 aromatic rings. The molecule has 1 heterocycles. The van der Waals surface area contributed by atoms with E-state index in [4.69, 9.17) is 4.74 Å². The molecule has 0 bridgehead atoms. The van der Waals surface area contributed by atoms with Crippen molar-refractivity contribution in [1.29, 1.82) is 0 Å². The van der Waals surface area contributed by atoms with Crippen LogP contribution in [-0.2, 0) is 11.3 Å². The number of hydrogen-bond acceptors (Lipinski definition) is 3. The summed E-state index contributed by atoms with van der Waals surface area (Å²) >= 11 is 0. The zero-order valence-electron chi connectivity index (χ0n) is 15.1. The summed E-state index contributed by atoms with van der Waals surface area (Å²) in [7, 11) is 1.94. The summed E-state index contributed by atoms with van der Waals surface area (Å²) in [6.07, 6.45) is 11.6. The van der Waals surface area contributed by atoms with Gasteiger partial charge in [0.25, 0.3) is 0 Å². The number of urea groups is 1. The van der Waals surface area contributed by atoms with Gasteiger partial charge in [-0.1, -0.05) is 12.8 Å². The van der Waals surface area contributed by atoms with Gasteiger partial charge in [-0.2, -0.15) is 0 Å². The number of carbonyl (C=O) groups is 1. The first-order valence-corrected chi connectivity index (χ1v) is 9.17. The average molecular weight is 334 g/mol. The number of imidazole rings is 1. The largest absolute Gasteiger partial charge is 0.378 e. The molecule has 0 unspecified atom stereocenters. The van der Waals surface area contributed by atoms with Crippen LogP contribution >= 0.6 is 0 Å². The van der Waals surface area contributed by atoms with Crippen LogP contribution < -0.4 is 5.32 Å². The Morgan fingerprint density at radius 3 is 2.88 bits per heavy atom. The second kappa shape index (κ2) is 7.13. The molecule has 1 spiro atoms. The number of nitrogens with zero attached hydrogens (tertiary/aromatic N) is 3. The van der Waals surface area contributed by atoms with Gasteiger partial charge in [0.15, 0.2) is 0 Å². The molecule has 2 aliphatic carbocycles. The lowest BCUT2D eigenvalue weighted by Crippen LogP contribution is -2.65. The standard InChI is InChI=1S/C18H30N4O2/c1-4-24-16-11-15(18(16)7-5-6-8-18)21(3)17(23)20-14(2)12-22-10-9-19-13-22/h9-10,13-16H,4-8,11-12H2,1-3H3,(H,20,23)/t14-,15+,16-/m1/s1. The highest BCUT2D eigenvalue weighted by Gasteiger charge is 2.58. The van der Waals surface area contributed by atoms with Gasteiger partial charge in [0.2, 0.25) is 0 Å². The van der Waals surface area contributed by atoms with E-state index in [1.165, 1.54) is 25.7 Å². The minimum absolute atomic E-state index is 0.0221. The van der Waals surface area contributed by atoms with Crippen LogP contribution in [0.25, 0.3) is 0 Å². The third kappa shape index (κ3) is 3.16. The van der Waals surface area contributed by atoms with Crippen molar-refractivity contribution in [3.8, 4) is 0 Å². The quantitative estimate of drug-likeness (QED) is 0.870. The van der Waals surface area contributed by atoms with Gasteiger partial charge < -0.3 is 19.5 Å². The summed E-state index contributed by atoms with van der Waals surface area (Å²) in [6, 6.07) is 0.391. The Kier molecular flexibility index (Phi) is 5.13. The summed E-state index contributed by atoms with van der Waals surface area (Å²) in [5, 5.41) is 3.12. The van der Waals surface area contributed by atoms with Crippen LogP contribution in [0.5, 0.6) is 0 Å². The Balaban J connectivity index is 1.57. The number of nitrogens with one attached hydrogen (secondary N) is 1. The smallest absolute Gasteiger partial charge is 0.317 e. The molecular weight excluding hydrogens is 304 g/mol. The molecule has 0 radical (unpaired) electrons. The van der Waals surface area contributed by atoms with Gasteiger partial charge in [0, 0.05) is 50.1 Å². The second-order valence-corrected chi connectivity index (χ2v) is 7.36. The molecule has 134 valence electrons. The van der Waals surface area contributed by atoms with E-state index in [0.717, 1.165) is 19.6 Å². The van der Waals surface area contributed by atoms with Crippen molar-refractivity contribution in [2.45, 2.75) is 70.7 Å². The number of amides is 2. The van der Waals surface area contributed by atoms with Crippen LogP contribution in [0.2, 0.25) is 0 Å². The molecule has 2 aliphatic rings. The maximum Gasteiger partial charge on any atom is 0.317 e. The highest BCUT2D eigenvalue weighted by Crippen LogP contribution is 2.56. The van der Waals surface area contributed by atoms with E-state index >= 15 is 0 Å². The Morgan fingerprint density at radius 1 is 1.50 bits per heavy atom. The maximum absolute atomic E-state index is 12.7. The first-order valence-electron chi connectivity index (χ1n) is 9.17. The molecule has 2 fully saturated rings. The number of ether oxygens (including phenoxy) is 1. The fraction of sp³-hybridized carbons (Fsp3) is 0.778. The minimum atomic E-state index is 0.0221. The summed E-state index contributed by atoms with van der Waals surface area (Å²) < 4.78 is 7.94. The SMILES string of the molecule is CCO[C@@H]1C[C@H](N(C)C(=O)N[C@H](C)Cn2ccnc2)C12CCCC2. The van der Waals surface area contributed by atoms with Gasteiger partial charge in [-0.15, -0.1) is 0 Å². The molecular formula is C18H30N4O2. The van der Waals surface area contributed by atoms with Gasteiger partial charge >= 0.3 is 6.03 Å². The van der Waals surface area contributed by atoms with Gasteiger partial charge in [-0.25, -0.2) is 9.78 Å². The molecule has 1 N–H and O–H groups in total. The highest BCUT2D eigenvalue weighted by atomic mass is 16.5. The molecule has 6 nitrogen and oxygen atoms in total. The topological polar surface area (TPSA) is 59.4 Å². The summed E-state index contributed by atoms with van der Waals surface area (Å²) in [4.78, 5) is 18.6. The Labute approximate surface area is 144 Å². The van der Waals surface area contributed by atoms with Gasteiger partial charge in [0.05, 0.1) is 12.4 Å². The molecule has 24 heavy (non-hydrogen) atoms. The third-order valence-corrected chi connectivity index (χ3v) is 5.85. The van der Waals surface area contributed by atoms with Crippen LogP contribution in [0.1, 0.15) is 46.0 Å². The number of rotatable bonds is 6. The van der Waals surface area contributed by atoms with Crippen molar-refractivity contribution in [2.75, 3.05) is 13.7 Å². The fourth-order valence-electron chi connectivity index (χ4n) is 4.60. The molecule has 2 saturated carbocycles. The van der Waals surface area contributed by atoms with E-state index in [9.17, 15) is 4.79 Å². The first kappa shape index (κ1) is 17.3. The lowest BCUT2D eigenvalue weighted by atomic mass is 9.60. The monoisotopic (exact) mass is 334 g/mol. The number of hydrogen-bond donors (Lipinski definition) is 1.